The van der Waals surface area contributed by atoms with Gasteiger partial charge in [0.1, 0.15) is 12.4 Å². The Morgan fingerprint density at radius 2 is 2.14 bits per heavy atom. The van der Waals surface area contributed by atoms with Crippen molar-refractivity contribution in [2.24, 2.45) is 0 Å². The molecule has 0 aliphatic heterocycles. The van der Waals surface area contributed by atoms with Crippen LogP contribution in [-0.2, 0) is 0 Å². The first-order chi connectivity index (χ1) is 6.74. The lowest BCUT2D eigenvalue weighted by Crippen LogP contribution is -1.94. The Hall–Kier alpha value is -0.840. The first-order valence-corrected chi connectivity index (χ1v) is 5.06. The van der Waals surface area contributed by atoms with Gasteiger partial charge in [-0.1, -0.05) is 23.4 Å². The molecule has 0 radical (unpaired) electrons. The summed E-state index contributed by atoms with van der Waals surface area (Å²) in [7, 11) is 0. The van der Waals surface area contributed by atoms with Crippen molar-refractivity contribution < 1.29 is 4.74 Å². The molecule has 1 nitrogen and oxygen atoms in total. The van der Waals surface area contributed by atoms with Crippen molar-refractivity contribution in [3.05, 3.63) is 28.8 Å². The number of rotatable bonds is 2. The first kappa shape index (κ1) is 11.2. The van der Waals surface area contributed by atoms with Crippen LogP contribution in [0.3, 0.4) is 0 Å². The molecule has 0 amide bonds. The maximum atomic E-state index is 5.86. The lowest BCUT2D eigenvalue weighted by atomic mass is 10.2. The summed E-state index contributed by atoms with van der Waals surface area (Å²) in [5.74, 6) is 6.60. The van der Waals surface area contributed by atoms with E-state index in [4.69, 9.17) is 27.9 Å². The summed E-state index contributed by atoms with van der Waals surface area (Å²) in [6.07, 6.45) is 0. The second kappa shape index (κ2) is 5.80. The predicted octanol–water partition coefficient (Wildman–Crippen LogP) is 3.27. The van der Waals surface area contributed by atoms with E-state index in [0.29, 0.717) is 12.5 Å². The van der Waals surface area contributed by atoms with Crippen molar-refractivity contribution in [2.75, 3.05) is 12.5 Å². The van der Waals surface area contributed by atoms with Crippen molar-refractivity contribution in [1.29, 1.82) is 0 Å². The van der Waals surface area contributed by atoms with Gasteiger partial charge in [-0.05, 0) is 30.7 Å². The Bertz CT molecular complexity index is 363. The average molecular weight is 229 g/mol. The smallest absolute Gasteiger partial charge is 0.149 e. The third kappa shape index (κ3) is 3.49. The van der Waals surface area contributed by atoms with E-state index in [1.165, 1.54) is 0 Å². The van der Waals surface area contributed by atoms with Gasteiger partial charge >= 0.3 is 0 Å². The monoisotopic (exact) mass is 228 g/mol. The molecule has 0 aliphatic carbocycles. The molecular weight excluding hydrogens is 219 g/mol. The van der Waals surface area contributed by atoms with E-state index in [0.717, 1.165) is 16.3 Å². The molecule has 3 heteroatoms. The molecule has 0 aliphatic rings. The molecule has 1 rings (SSSR count). The third-order valence-electron chi connectivity index (χ3n) is 1.63. The third-order valence-corrected chi connectivity index (χ3v) is 2.19. The van der Waals surface area contributed by atoms with Gasteiger partial charge in [0.25, 0.3) is 0 Å². The highest BCUT2D eigenvalue weighted by atomic mass is 35.5. The van der Waals surface area contributed by atoms with Crippen LogP contribution >= 0.6 is 23.2 Å². The number of ether oxygens (including phenoxy) is 1. The standard InChI is InChI=1S/C11H10Cl2O/c1-9-8-10(4-5-11(9)13)14-7-3-2-6-12/h4-5,8H,6-7H2,1H3. The van der Waals surface area contributed by atoms with E-state index in [-0.39, 0.29) is 0 Å². The fourth-order valence-electron chi connectivity index (χ4n) is 0.925. The Morgan fingerprint density at radius 3 is 2.79 bits per heavy atom. The summed E-state index contributed by atoms with van der Waals surface area (Å²) in [6.45, 7) is 2.29. The summed E-state index contributed by atoms with van der Waals surface area (Å²) < 4.78 is 5.35. The summed E-state index contributed by atoms with van der Waals surface area (Å²) in [6, 6.07) is 5.50. The van der Waals surface area contributed by atoms with E-state index in [1.807, 2.05) is 19.1 Å². The zero-order valence-electron chi connectivity index (χ0n) is 7.81. The van der Waals surface area contributed by atoms with Crippen molar-refractivity contribution in [2.45, 2.75) is 6.92 Å². The fraction of sp³-hybridized carbons (Fsp3) is 0.273. The second-order valence-corrected chi connectivity index (χ2v) is 3.36. The topological polar surface area (TPSA) is 9.23 Å². The highest BCUT2D eigenvalue weighted by molar-refractivity contribution is 6.31. The normalized spacial score (nSPS) is 9.07. The van der Waals surface area contributed by atoms with Gasteiger partial charge in [-0.2, -0.15) is 0 Å². The number of hydrogen-bond acceptors (Lipinski definition) is 1. The molecule has 0 bridgehead atoms. The van der Waals surface area contributed by atoms with Gasteiger partial charge in [0, 0.05) is 5.02 Å². The predicted molar refractivity (Wildman–Crippen MR) is 60.2 cm³/mol. The Balaban J connectivity index is 2.55. The number of halogens is 2. The SMILES string of the molecule is Cc1cc(OCC#CCCl)ccc1Cl. The van der Waals surface area contributed by atoms with Crippen molar-refractivity contribution in [1.82, 2.24) is 0 Å². The molecule has 0 fully saturated rings. The van der Waals surface area contributed by atoms with Crippen LogP contribution in [0, 0.1) is 18.8 Å². The zero-order chi connectivity index (χ0) is 10.4. The highest BCUT2D eigenvalue weighted by Crippen LogP contribution is 2.20. The van der Waals surface area contributed by atoms with E-state index in [1.54, 1.807) is 6.07 Å². The quantitative estimate of drug-likeness (QED) is 0.558. The molecule has 0 heterocycles. The summed E-state index contributed by atoms with van der Waals surface area (Å²) >= 11 is 11.2. The average Bonchev–Trinajstić information content (AvgIpc) is 2.18. The van der Waals surface area contributed by atoms with Gasteiger partial charge in [-0.3, -0.25) is 0 Å². The minimum absolute atomic E-state index is 0.336. The molecule has 0 unspecified atom stereocenters. The van der Waals surface area contributed by atoms with E-state index in [2.05, 4.69) is 11.8 Å². The fourth-order valence-corrected chi connectivity index (χ4v) is 1.14. The largest absolute Gasteiger partial charge is 0.481 e. The van der Waals surface area contributed by atoms with Gasteiger partial charge in [0.05, 0.1) is 5.88 Å². The molecule has 0 aromatic heterocycles. The van der Waals surface area contributed by atoms with Crippen LogP contribution < -0.4 is 4.74 Å². The van der Waals surface area contributed by atoms with Crippen LogP contribution in [0.2, 0.25) is 5.02 Å². The first-order valence-electron chi connectivity index (χ1n) is 4.14. The van der Waals surface area contributed by atoms with Crippen molar-refractivity contribution >= 4 is 23.2 Å². The molecule has 1 aromatic carbocycles. The molecule has 0 saturated heterocycles. The Kier molecular flexibility index (Phi) is 4.65. The summed E-state index contributed by atoms with van der Waals surface area (Å²) in [5, 5.41) is 0.740. The molecule has 0 N–H and O–H groups in total. The number of alkyl halides is 1. The lowest BCUT2D eigenvalue weighted by molar-refractivity contribution is 0.370. The van der Waals surface area contributed by atoms with Crippen LogP contribution in [0.25, 0.3) is 0 Å². The number of hydrogen-bond donors (Lipinski definition) is 0. The minimum atomic E-state index is 0.336. The van der Waals surface area contributed by atoms with Crippen LogP contribution in [0.5, 0.6) is 5.75 Å². The molecule has 0 atom stereocenters. The molecule has 14 heavy (non-hydrogen) atoms. The van der Waals surface area contributed by atoms with Crippen LogP contribution in [0.1, 0.15) is 5.56 Å². The van der Waals surface area contributed by atoms with E-state index < -0.39 is 0 Å². The second-order valence-electron chi connectivity index (χ2n) is 2.69. The van der Waals surface area contributed by atoms with Crippen LogP contribution in [0.4, 0.5) is 0 Å². The van der Waals surface area contributed by atoms with Crippen LogP contribution in [-0.4, -0.2) is 12.5 Å². The maximum absolute atomic E-state index is 5.86. The van der Waals surface area contributed by atoms with Crippen LogP contribution in [0.15, 0.2) is 18.2 Å². The molecular formula is C11H10Cl2O. The molecule has 74 valence electrons. The van der Waals surface area contributed by atoms with Crippen molar-refractivity contribution in [3.63, 3.8) is 0 Å². The van der Waals surface area contributed by atoms with Gasteiger partial charge in [-0.25, -0.2) is 0 Å². The van der Waals surface area contributed by atoms with E-state index >= 15 is 0 Å². The molecule has 1 aromatic rings. The zero-order valence-corrected chi connectivity index (χ0v) is 9.32. The van der Waals surface area contributed by atoms with Gasteiger partial charge in [0.15, 0.2) is 0 Å². The Labute approximate surface area is 94.0 Å². The molecule has 0 spiro atoms. The van der Waals surface area contributed by atoms with Gasteiger partial charge < -0.3 is 4.74 Å². The Morgan fingerprint density at radius 1 is 1.36 bits per heavy atom. The summed E-state index contributed by atoms with van der Waals surface area (Å²) in [4.78, 5) is 0. The van der Waals surface area contributed by atoms with E-state index in [9.17, 15) is 0 Å². The van der Waals surface area contributed by atoms with Gasteiger partial charge in [0.2, 0.25) is 0 Å². The number of benzene rings is 1. The minimum Gasteiger partial charge on any atom is -0.481 e. The van der Waals surface area contributed by atoms with Crippen molar-refractivity contribution in [3.8, 4) is 17.6 Å². The number of aryl methyl sites for hydroxylation is 1. The highest BCUT2D eigenvalue weighted by Gasteiger charge is 1.96. The summed E-state index contributed by atoms with van der Waals surface area (Å²) in [5.41, 5.74) is 0.995. The lowest BCUT2D eigenvalue weighted by Gasteiger charge is -2.03. The molecule has 0 saturated carbocycles. The maximum Gasteiger partial charge on any atom is 0.149 e. The van der Waals surface area contributed by atoms with Gasteiger partial charge in [-0.15, -0.1) is 11.6 Å².